The van der Waals surface area contributed by atoms with Gasteiger partial charge in [-0.1, -0.05) is 0 Å². The number of carboxylic acid groups (broad SMARTS) is 1. The maximum Gasteiger partial charge on any atom is 0.306 e. The molecule has 8 heteroatoms. The standard InChI is InChI=1S/C11H13NO7/c13-5-7-3-6(1-2-8(7)12(18)19)11(17)9(14)4-10(15)16/h1-3,9,11,13-14,17H,4-5H2,(H,15,16). The van der Waals surface area contributed by atoms with Crippen LogP contribution < -0.4 is 0 Å². The Bertz CT molecular complexity index is 488. The smallest absolute Gasteiger partial charge is 0.306 e. The molecule has 1 aromatic carbocycles. The van der Waals surface area contributed by atoms with E-state index in [4.69, 9.17) is 10.2 Å². The highest BCUT2D eigenvalue weighted by Gasteiger charge is 2.23. The highest BCUT2D eigenvalue weighted by atomic mass is 16.6. The van der Waals surface area contributed by atoms with Crippen LogP contribution in [0.1, 0.15) is 23.7 Å². The Balaban J connectivity index is 3.01. The Morgan fingerprint density at radius 2 is 2.00 bits per heavy atom. The molecule has 0 aliphatic rings. The maximum absolute atomic E-state index is 10.6. The third-order valence-corrected chi connectivity index (χ3v) is 2.56. The second-order valence-electron chi connectivity index (χ2n) is 3.91. The molecule has 19 heavy (non-hydrogen) atoms. The molecule has 8 nitrogen and oxygen atoms in total. The summed E-state index contributed by atoms with van der Waals surface area (Å²) in [6.07, 6.45) is -3.69. The number of nitro groups is 1. The van der Waals surface area contributed by atoms with Gasteiger partial charge in [-0.15, -0.1) is 0 Å². The summed E-state index contributed by atoms with van der Waals surface area (Å²) in [5.74, 6) is -1.28. The van der Waals surface area contributed by atoms with Gasteiger partial charge in [0.1, 0.15) is 6.10 Å². The molecule has 1 rings (SSSR count). The van der Waals surface area contributed by atoms with Crippen molar-refractivity contribution in [1.82, 2.24) is 0 Å². The minimum absolute atomic E-state index is 0.0240. The van der Waals surface area contributed by atoms with Gasteiger partial charge in [0.15, 0.2) is 0 Å². The lowest BCUT2D eigenvalue weighted by Crippen LogP contribution is -2.22. The lowest BCUT2D eigenvalue weighted by Gasteiger charge is -2.17. The molecule has 104 valence electrons. The van der Waals surface area contributed by atoms with Gasteiger partial charge >= 0.3 is 5.97 Å². The first-order valence-electron chi connectivity index (χ1n) is 5.32. The van der Waals surface area contributed by atoms with Crippen molar-refractivity contribution in [3.05, 3.63) is 39.4 Å². The van der Waals surface area contributed by atoms with Crippen LogP contribution in [0.15, 0.2) is 18.2 Å². The number of rotatable bonds is 6. The summed E-state index contributed by atoms with van der Waals surface area (Å²) < 4.78 is 0. The number of nitro benzene ring substituents is 1. The van der Waals surface area contributed by atoms with Gasteiger partial charge in [-0.05, 0) is 17.7 Å². The molecule has 2 atom stereocenters. The quantitative estimate of drug-likeness (QED) is 0.420. The molecule has 0 aromatic heterocycles. The van der Waals surface area contributed by atoms with Crippen molar-refractivity contribution in [3.63, 3.8) is 0 Å². The summed E-state index contributed by atoms with van der Waals surface area (Å²) in [4.78, 5) is 20.4. The molecular weight excluding hydrogens is 258 g/mol. The average molecular weight is 271 g/mol. The van der Waals surface area contributed by atoms with Gasteiger partial charge in [0.2, 0.25) is 0 Å². The molecule has 4 N–H and O–H groups in total. The van der Waals surface area contributed by atoms with Gasteiger partial charge in [-0.2, -0.15) is 0 Å². The van der Waals surface area contributed by atoms with E-state index in [9.17, 15) is 25.1 Å². The number of nitrogens with zero attached hydrogens (tertiary/aromatic N) is 1. The van der Waals surface area contributed by atoms with E-state index in [1.54, 1.807) is 0 Å². The van der Waals surface area contributed by atoms with E-state index in [0.29, 0.717) is 0 Å². The van der Waals surface area contributed by atoms with Gasteiger partial charge in [-0.3, -0.25) is 14.9 Å². The van der Waals surface area contributed by atoms with Gasteiger partial charge in [0.05, 0.1) is 29.6 Å². The Morgan fingerprint density at radius 3 is 2.47 bits per heavy atom. The fraction of sp³-hybridized carbons (Fsp3) is 0.364. The molecule has 0 saturated carbocycles. The van der Waals surface area contributed by atoms with E-state index in [1.807, 2.05) is 0 Å². The monoisotopic (exact) mass is 271 g/mol. The van der Waals surface area contributed by atoms with E-state index in [0.717, 1.165) is 12.1 Å². The van der Waals surface area contributed by atoms with Gasteiger partial charge in [-0.25, -0.2) is 0 Å². The van der Waals surface area contributed by atoms with Crippen LogP contribution in [0, 0.1) is 10.1 Å². The molecule has 0 amide bonds. The summed E-state index contributed by atoms with van der Waals surface area (Å²) in [5, 5.41) is 47.3. The van der Waals surface area contributed by atoms with Crippen molar-refractivity contribution in [2.75, 3.05) is 0 Å². The van der Waals surface area contributed by atoms with Crippen LogP contribution in [0.2, 0.25) is 0 Å². The third kappa shape index (κ3) is 3.71. The predicted octanol–water partition coefficient (Wildman–Crippen LogP) is -0.0439. The van der Waals surface area contributed by atoms with Crippen LogP contribution in [0.5, 0.6) is 0 Å². The number of aliphatic hydroxyl groups excluding tert-OH is 3. The van der Waals surface area contributed by atoms with Crippen LogP contribution >= 0.6 is 0 Å². The SMILES string of the molecule is O=C(O)CC(O)C(O)c1ccc([N+](=O)[O-])c(CO)c1. The molecule has 0 heterocycles. The number of benzene rings is 1. The van der Waals surface area contributed by atoms with Crippen molar-refractivity contribution in [2.45, 2.75) is 25.2 Å². The van der Waals surface area contributed by atoms with Crippen LogP contribution in [0.25, 0.3) is 0 Å². The number of aliphatic carboxylic acids is 1. The summed E-state index contributed by atoms with van der Waals surface area (Å²) in [6.45, 7) is -0.605. The topological polar surface area (TPSA) is 141 Å². The average Bonchev–Trinajstić information content (AvgIpc) is 2.36. The van der Waals surface area contributed by atoms with Crippen molar-refractivity contribution in [1.29, 1.82) is 0 Å². The predicted molar refractivity (Wildman–Crippen MR) is 62.2 cm³/mol. The molecule has 0 aliphatic carbocycles. The van der Waals surface area contributed by atoms with Crippen LogP contribution in [0.3, 0.4) is 0 Å². The van der Waals surface area contributed by atoms with Crippen molar-refractivity contribution >= 4 is 11.7 Å². The van der Waals surface area contributed by atoms with Gasteiger partial charge in [0, 0.05) is 6.07 Å². The number of aliphatic hydroxyl groups is 3. The fourth-order valence-corrected chi connectivity index (χ4v) is 1.61. The zero-order valence-corrected chi connectivity index (χ0v) is 9.76. The minimum atomic E-state index is -1.54. The second kappa shape index (κ2) is 6.23. The van der Waals surface area contributed by atoms with Crippen LogP contribution in [-0.2, 0) is 11.4 Å². The molecule has 2 unspecified atom stereocenters. The Morgan fingerprint density at radius 1 is 1.37 bits per heavy atom. The zero-order valence-electron chi connectivity index (χ0n) is 9.76. The first-order valence-corrected chi connectivity index (χ1v) is 5.32. The van der Waals surface area contributed by atoms with Gasteiger partial charge in [0.25, 0.3) is 5.69 Å². The number of hydrogen-bond donors (Lipinski definition) is 4. The maximum atomic E-state index is 10.6. The minimum Gasteiger partial charge on any atom is -0.481 e. The summed E-state index contributed by atoms with van der Waals surface area (Å²) in [6, 6.07) is 3.44. The molecule has 0 aliphatic heterocycles. The second-order valence-corrected chi connectivity index (χ2v) is 3.91. The van der Waals surface area contributed by atoms with Crippen LogP contribution in [0.4, 0.5) is 5.69 Å². The molecule has 0 bridgehead atoms. The van der Waals surface area contributed by atoms with E-state index >= 15 is 0 Å². The normalized spacial score (nSPS) is 13.8. The highest BCUT2D eigenvalue weighted by molar-refractivity contribution is 5.67. The molecule has 1 aromatic rings. The summed E-state index contributed by atoms with van der Waals surface area (Å²) in [5.41, 5.74) is -0.237. The van der Waals surface area contributed by atoms with Crippen molar-refractivity contribution < 1.29 is 30.1 Å². The zero-order chi connectivity index (χ0) is 14.6. The first-order chi connectivity index (χ1) is 8.86. The Hall–Kier alpha value is -2.03. The number of carbonyl (C=O) groups is 1. The van der Waals surface area contributed by atoms with E-state index < -0.39 is 36.1 Å². The molecule has 0 saturated heterocycles. The highest BCUT2D eigenvalue weighted by Crippen LogP contribution is 2.25. The Labute approximate surface area is 107 Å². The largest absolute Gasteiger partial charge is 0.481 e. The molecule has 0 spiro atoms. The van der Waals surface area contributed by atoms with Gasteiger partial charge < -0.3 is 20.4 Å². The fourth-order valence-electron chi connectivity index (χ4n) is 1.61. The van der Waals surface area contributed by atoms with Crippen molar-refractivity contribution in [3.8, 4) is 0 Å². The first kappa shape index (κ1) is 15.0. The number of carboxylic acids is 1. The lowest BCUT2D eigenvalue weighted by atomic mass is 9.99. The summed E-state index contributed by atoms with van der Waals surface area (Å²) in [7, 11) is 0. The van der Waals surface area contributed by atoms with E-state index in [2.05, 4.69) is 0 Å². The van der Waals surface area contributed by atoms with E-state index in [1.165, 1.54) is 6.07 Å². The lowest BCUT2D eigenvalue weighted by molar-refractivity contribution is -0.385. The molecular formula is C11H13NO7. The van der Waals surface area contributed by atoms with Crippen molar-refractivity contribution in [2.24, 2.45) is 0 Å². The Kier molecular flexibility index (Phi) is 4.93. The number of hydrogen-bond acceptors (Lipinski definition) is 6. The molecule has 0 fully saturated rings. The molecule has 0 radical (unpaired) electrons. The van der Waals surface area contributed by atoms with Crippen LogP contribution in [-0.4, -0.2) is 37.4 Å². The third-order valence-electron chi connectivity index (χ3n) is 2.56. The van der Waals surface area contributed by atoms with E-state index in [-0.39, 0.29) is 16.8 Å². The summed E-state index contributed by atoms with van der Waals surface area (Å²) >= 11 is 0.